The van der Waals surface area contributed by atoms with Crippen molar-refractivity contribution in [2.24, 2.45) is 0 Å². The second-order valence-electron chi connectivity index (χ2n) is 3.16. The predicted molar refractivity (Wildman–Crippen MR) is 58.6 cm³/mol. The Morgan fingerprint density at radius 2 is 2.27 bits per heavy atom. The zero-order chi connectivity index (χ0) is 11.5. The van der Waals surface area contributed by atoms with Crippen molar-refractivity contribution in [3.05, 3.63) is 25.2 Å². The first-order chi connectivity index (χ1) is 6.93. The predicted octanol–water partition coefficient (Wildman–Crippen LogP) is 1.02. The van der Waals surface area contributed by atoms with Gasteiger partial charge in [-0.2, -0.15) is 8.42 Å². The Morgan fingerprint density at radius 3 is 2.73 bits per heavy atom. The summed E-state index contributed by atoms with van der Waals surface area (Å²) in [7, 11) is -4.13. The van der Waals surface area contributed by atoms with Crippen molar-refractivity contribution in [2.75, 3.05) is 13.2 Å². The van der Waals surface area contributed by atoms with E-state index in [0.717, 1.165) is 0 Å². The smallest absolute Gasteiger partial charge is 0.282 e. The summed E-state index contributed by atoms with van der Waals surface area (Å²) < 4.78 is 28.6. The van der Waals surface area contributed by atoms with Gasteiger partial charge in [-0.05, 0) is 12.6 Å². The topological polar surface area (TPSA) is 60.9 Å². The number of hydrogen-bond acceptors (Lipinski definition) is 4. The summed E-state index contributed by atoms with van der Waals surface area (Å²) in [5, 5.41) is 0. The van der Waals surface area contributed by atoms with Crippen LogP contribution >= 0.6 is 11.6 Å². The van der Waals surface area contributed by atoms with Crippen LogP contribution in [-0.2, 0) is 10.1 Å². The Morgan fingerprint density at radius 1 is 1.60 bits per heavy atom. The molecule has 0 amide bonds. The van der Waals surface area contributed by atoms with Crippen LogP contribution in [0, 0.1) is 0 Å². The highest BCUT2D eigenvalue weighted by Gasteiger charge is 2.21. The summed E-state index contributed by atoms with van der Waals surface area (Å²) in [4.78, 5) is 3.72. The van der Waals surface area contributed by atoms with E-state index in [1.807, 2.05) is 22.2 Å². The molecule has 0 aromatic rings. The first kappa shape index (κ1) is 12.4. The molecular weight excluding hydrogens is 240 g/mol. The molecule has 1 heterocycles. The summed E-state index contributed by atoms with van der Waals surface area (Å²) in [6.45, 7) is 4.69. The minimum atomic E-state index is -4.13. The fourth-order valence-electron chi connectivity index (χ4n) is 1.16. The van der Waals surface area contributed by atoms with E-state index in [-0.39, 0.29) is 6.42 Å². The standard InChI is InChI=1S/C8H13ClN2O3S/c1-2-10-5-6-11(7-10)4-3-8(9)15(12,13)14/h2,5-6,8H,1,3-4,7H2,(H,12,13,14). The Bertz CT molecular complexity index is 355. The van der Waals surface area contributed by atoms with Crippen molar-refractivity contribution in [1.82, 2.24) is 9.80 Å². The summed E-state index contributed by atoms with van der Waals surface area (Å²) >= 11 is 5.48. The minimum Gasteiger partial charge on any atom is -0.358 e. The Balaban J connectivity index is 2.34. The largest absolute Gasteiger partial charge is 0.358 e. The SMILES string of the molecule is C=CN1C=CN(CCC(Cl)S(=O)(=O)O)C1. The van der Waals surface area contributed by atoms with Gasteiger partial charge >= 0.3 is 0 Å². The molecule has 86 valence electrons. The molecule has 0 aromatic heterocycles. The number of alkyl halides is 1. The van der Waals surface area contributed by atoms with E-state index in [1.165, 1.54) is 0 Å². The molecule has 5 nitrogen and oxygen atoms in total. The van der Waals surface area contributed by atoms with E-state index in [1.54, 1.807) is 6.20 Å². The highest BCUT2D eigenvalue weighted by atomic mass is 35.5. The lowest BCUT2D eigenvalue weighted by molar-refractivity contribution is 0.312. The monoisotopic (exact) mass is 252 g/mol. The van der Waals surface area contributed by atoms with Gasteiger partial charge in [0, 0.05) is 18.9 Å². The van der Waals surface area contributed by atoms with Gasteiger partial charge in [-0.1, -0.05) is 6.58 Å². The molecule has 0 aliphatic carbocycles. The second kappa shape index (κ2) is 4.87. The van der Waals surface area contributed by atoms with Crippen molar-refractivity contribution in [3.8, 4) is 0 Å². The summed E-state index contributed by atoms with van der Waals surface area (Å²) in [5.41, 5.74) is 0. The molecule has 0 saturated carbocycles. The van der Waals surface area contributed by atoms with Gasteiger partial charge in [0.05, 0.1) is 6.67 Å². The number of rotatable bonds is 5. The van der Waals surface area contributed by atoms with Crippen LogP contribution in [-0.4, -0.2) is 40.7 Å². The van der Waals surface area contributed by atoms with Crippen LogP contribution in [0.15, 0.2) is 25.2 Å². The third kappa shape index (κ3) is 3.73. The molecule has 0 bridgehead atoms. The van der Waals surface area contributed by atoms with E-state index >= 15 is 0 Å². The normalized spacial score (nSPS) is 18.3. The number of halogens is 1. The third-order valence-electron chi connectivity index (χ3n) is 2.01. The summed E-state index contributed by atoms with van der Waals surface area (Å²) in [5.74, 6) is 0. The lowest BCUT2D eigenvalue weighted by atomic mass is 10.4. The third-order valence-corrected chi connectivity index (χ3v) is 3.79. The lowest BCUT2D eigenvalue weighted by Crippen LogP contribution is -2.26. The first-order valence-corrected chi connectivity index (χ1v) is 6.28. The van der Waals surface area contributed by atoms with E-state index in [0.29, 0.717) is 13.2 Å². The van der Waals surface area contributed by atoms with Gasteiger partial charge in [0.1, 0.15) is 0 Å². The van der Waals surface area contributed by atoms with Crippen molar-refractivity contribution in [1.29, 1.82) is 0 Å². The molecule has 0 spiro atoms. The molecule has 1 atom stereocenters. The van der Waals surface area contributed by atoms with E-state index < -0.39 is 14.8 Å². The molecule has 7 heteroatoms. The van der Waals surface area contributed by atoms with Crippen molar-refractivity contribution in [2.45, 2.75) is 11.1 Å². The molecular formula is C8H13ClN2O3S. The van der Waals surface area contributed by atoms with Gasteiger partial charge in [0.2, 0.25) is 0 Å². The maximum absolute atomic E-state index is 10.6. The van der Waals surface area contributed by atoms with E-state index in [9.17, 15) is 8.42 Å². The highest BCUT2D eigenvalue weighted by Crippen LogP contribution is 2.13. The first-order valence-electron chi connectivity index (χ1n) is 4.34. The fourth-order valence-corrected chi connectivity index (χ4v) is 1.66. The molecule has 0 radical (unpaired) electrons. The molecule has 0 saturated heterocycles. The number of nitrogens with zero attached hydrogens (tertiary/aromatic N) is 2. The fraction of sp³-hybridized carbons (Fsp3) is 0.500. The van der Waals surface area contributed by atoms with Gasteiger partial charge in [-0.25, -0.2) is 0 Å². The van der Waals surface area contributed by atoms with Crippen LogP contribution in [0.4, 0.5) is 0 Å². The average Bonchev–Trinajstić information content (AvgIpc) is 2.60. The van der Waals surface area contributed by atoms with Gasteiger partial charge in [0.15, 0.2) is 4.71 Å². The minimum absolute atomic E-state index is 0.176. The molecule has 0 fully saturated rings. The number of hydrogen-bond donors (Lipinski definition) is 1. The Kier molecular flexibility index (Phi) is 4.01. The van der Waals surface area contributed by atoms with Gasteiger partial charge in [-0.3, -0.25) is 4.55 Å². The van der Waals surface area contributed by atoms with E-state index in [2.05, 4.69) is 6.58 Å². The molecule has 1 aliphatic rings. The molecule has 1 rings (SSSR count). The Labute approximate surface area is 94.4 Å². The van der Waals surface area contributed by atoms with Gasteiger partial charge in [-0.15, -0.1) is 11.6 Å². The van der Waals surface area contributed by atoms with Crippen LogP contribution in [0.2, 0.25) is 0 Å². The van der Waals surface area contributed by atoms with Crippen LogP contribution in [0.5, 0.6) is 0 Å². The maximum atomic E-state index is 10.6. The van der Waals surface area contributed by atoms with E-state index in [4.69, 9.17) is 16.2 Å². The molecule has 15 heavy (non-hydrogen) atoms. The summed E-state index contributed by atoms with van der Waals surface area (Å²) in [6, 6.07) is 0. The maximum Gasteiger partial charge on any atom is 0.282 e. The van der Waals surface area contributed by atoms with Crippen molar-refractivity contribution in [3.63, 3.8) is 0 Å². The lowest BCUT2D eigenvalue weighted by Gasteiger charge is -2.18. The highest BCUT2D eigenvalue weighted by molar-refractivity contribution is 7.87. The molecule has 1 unspecified atom stereocenters. The summed E-state index contributed by atoms with van der Waals surface area (Å²) in [6.07, 6.45) is 5.48. The van der Waals surface area contributed by atoms with Crippen LogP contribution in [0.1, 0.15) is 6.42 Å². The average molecular weight is 253 g/mol. The van der Waals surface area contributed by atoms with Crippen molar-refractivity contribution >= 4 is 21.7 Å². The van der Waals surface area contributed by atoms with Gasteiger partial charge < -0.3 is 9.80 Å². The second-order valence-corrected chi connectivity index (χ2v) is 5.55. The molecule has 0 aromatic carbocycles. The van der Waals surface area contributed by atoms with Gasteiger partial charge in [0.25, 0.3) is 10.1 Å². The van der Waals surface area contributed by atoms with Crippen LogP contribution in [0.25, 0.3) is 0 Å². The molecule has 1 N–H and O–H groups in total. The quantitative estimate of drug-likeness (QED) is 0.585. The zero-order valence-electron chi connectivity index (χ0n) is 8.08. The van der Waals surface area contributed by atoms with Crippen LogP contribution < -0.4 is 0 Å². The van der Waals surface area contributed by atoms with Crippen LogP contribution in [0.3, 0.4) is 0 Å². The van der Waals surface area contributed by atoms with Crippen molar-refractivity contribution < 1.29 is 13.0 Å². The zero-order valence-corrected chi connectivity index (χ0v) is 9.65. The molecule has 1 aliphatic heterocycles. The Hall–Kier alpha value is -0.720.